The van der Waals surface area contributed by atoms with Crippen molar-refractivity contribution >= 4 is 11.6 Å². The fourth-order valence-electron chi connectivity index (χ4n) is 2.48. The smallest absolute Gasteiger partial charge is 0.251 e. The molecule has 0 bridgehead atoms. The first-order valence-corrected chi connectivity index (χ1v) is 8.25. The van der Waals surface area contributed by atoms with E-state index < -0.39 is 0 Å². The molecule has 140 valence electrons. The highest BCUT2D eigenvalue weighted by molar-refractivity contribution is 5.95. The summed E-state index contributed by atoms with van der Waals surface area (Å²) >= 11 is 0. The maximum Gasteiger partial charge on any atom is 0.251 e. The average Bonchev–Trinajstić information content (AvgIpc) is 3.16. The van der Waals surface area contributed by atoms with Crippen molar-refractivity contribution in [1.29, 1.82) is 0 Å². The first kappa shape index (κ1) is 18.4. The van der Waals surface area contributed by atoms with Crippen LogP contribution in [-0.2, 0) is 6.54 Å². The minimum Gasteiger partial charge on any atom is -0.495 e. The van der Waals surface area contributed by atoms with Crippen LogP contribution in [0.5, 0.6) is 5.75 Å². The van der Waals surface area contributed by atoms with Gasteiger partial charge in [0.15, 0.2) is 0 Å². The van der Waals surface area contributed by atoms with Gasteiger partial charge in [0.25, 0.3) is 5.91 Å². The van der Waals surface area contributed by atoms with Crippen LogP contribution in [0.3, 0.4) is 0 Å². The molecule has 8 heteroatoms. The number of methoxy groups -OCH3 is 1. The highest BCUT2D eigenvalue weighted by atomic mass is 19.1. The summed E-state index contributed by atoms with van der Waals surface area (Å²) in [5, 5.41) is 9.56. The lowest BCUT2D eigenvalue weighted by Crippen LogP contribution is -2.18. The highest BCUT2D eigenvalue weighted by Gasteiger charge is 2.13. The molecule has 0 spiro atoms. The van der Waals surface area contributed by atoms with Crippen molar-refractivity contribution in [2.75, 3.05) is 19.5 Å². The van der Waals surface area contributed by atoms with Gasteiger partial charge in [0, 0.05) is 18.2 Å². The number of halogens is 1. The minimum atomic E-state index is -0.326. The molecule has 0 atom stereocenters. The summed E-state index contributed by atoms with van der Waals surface area (Å²) in [6, 6.07) is 9.79. The lowest BCUT2D eigenvalue weighted by Gasteiger charge is -2.11. The van der Waals surface area contributed by atoms with Crippen LogP contribution in [0.25, 0.3) is 11.4 Å². The van der Waals surface area contributed by atoms with E-state index in [4.69, 9.17) is 9.26 Å². The van der Waals surface area contributed by atoms with Gasteiger partial charge in [-0.05, 0) is 36.8 Å². The molecular weight excluding hydrogens is 351 g/mol. The molecule has 0 fully saturated rings. The lowest BCUT2D eigenvalue weighted by molar-refractivity contribution is 0.0963. The molecule has 7 nitrogen and oxygen atoms in total. The van der Waals surface area contributed by atoms with Crippen LogP contribution in [0.4, 0.5) is 10.1 Å². The second-order valence-corrected chi connectivity index (χ2v) is 5.82. The van der Waals surface area contributed by atoms with E-state index in [0.29, 0.717) is 39.8 Å². The third kappa shape index (κ3) is 4.05. The highest BCUT2D eigenvalue weighted by Crippen LogP contribution is 2.26. The topological polar surface area (TPSA) is 89.3 Å². The number of anilines is 1. The molecule has 2 aromatic carbocycles. The lowest BCUT2D eigenvalue weighted by atomic mass is 10.1. The number of hydrogen-bond acceptors (Lipinski definition) is 6. The molecule has 1 heterocycles. The Balaban J connectivity index is 1.76. The number of rotatable bonds is 6. The predicted octanol–water partition coefficient (Wildman–Crippen LogP) is 3.16. The van der Waals surface area contributed by atoms with E-state index in [0.717, 1.165) is 0 Å². The van der Waals surface area contributed by atoms with Crippen molar-refractivity contribution < 1.29 is 18.4 Å². The number of aromatic nitrogens is 2. The van der Waals surface area contributed by atoms with Crippen LogP contribution in [0.1, 0.15) is 21.8 Å². The van der Waals surface area contributed by atoms with E-state index in [1.807, 2.05) is 0 Å². The number of ether oxygens (including phenoxy) is 1. The molecular formula is C19H19FN4O3. The summed E-state index contributed by atoms with van der Waals surface area (Å²) in [7, 11) is 3.10. The Hall–Kier alpha value is -3.42. The van der Waals surface area contributed by atoms with E-state index in [1.165, 1.54) is 13.2 Å². The maximum absolute atomic E-state index is 13.7. The summed E-state index contributed by atoms with van der Waals surface area (Å²) < 4.78 is 24.2. The SMILES string of the molecule is CNC(=O)c1ccc(OC)c(NCc2nc(-c3ccc(C)c(F)c3)no2)c1. The molecule has 3 rings (SSSR count). The molecule has 2 N–H and O–H groups in total. The zero-order valence-electron chi connectivity index (χ0n) is 15.2. The monoisotopic (exact) mass is 370 g/mol. The number of carbonyl (C=O) groups excluding carboxylic acids is 1. The van der Waals surface area contributed by atoms with Crippen molar-refractivity contribution in [2.45, 2.75) is 13.5 Å². The predicted molar refractivity (Wildman–Crippen MR) is 98.1 cm³/mol. The quantitative estimate of drug-likeness (QED) is 0.693. The Bertz CT molecular complexity index is 971. The normalized spacial score (nSPS) is 10.5. The number of nitrogens with zero attached hydrogens (tertiary/aromatic N) is 2. The Labute approximate surface area is 155 Å². The first-order valence-electron chi connectivity index (χ1n) is 8.25. The fourth-order valence-corrected chi connectivity index (χ4v) is 2.48. The molecule has 1 amide bonds. The zero-order valence-corrected chi connectivity index (χ0v) is 15.2. The van der Waals surface area contributed by atoms with Gasteiger partial charge in [-0.25, -0.2) is 4.39 Å². The van der Waals surface area contributed by atoms with E-state index in [2.05, 4.69) is 20.8 Å². The number of carbonyl (C=O) groups is 1. The van der Waals surface area contributed by atoms with Crippen LogP contribution >= 0.6 is 0 Å². The van der Waals surface area contributed by atoms with E-state index in [-0.39, 0.29) is 18.3 Å². The van der Waals surface area contributed by atoms with Crippen LogP contribution in [0.15, 0.2) is 40.9 Å². The van der Waals surface area contributed by atoms with Crippen molar-refractivity contribution in [1.82, 2.24) is 15.5 Å². The van der Waals surface area contributed by atoms with Gasteiger partial charge in [-0.15, -0.1) is 0 Å². The summed E-state index contributed by atoms with van der Waals surface area (Å²) in [5.74, 6) is 0.660. The number of aryl methyl sites for hydroxylation is 1. The third-order valence-electron chi connectivity index (χ3n) is 4.02. The van der Waals surface area contributed by atoms with E-state index in [1.54, 1.807) is 44.3 Å². The van der Waals surface area contributed by atoms with Crippen molar-refractivity contribution in [3.63, 3.8) is 0 Å². The molecule has 3 aromatic rings. The van der Waals surface area contributed by atoms with Crippen molar-refractivity contribution in [2.24, 2.45) is 0 Å². The summed E-state index contributed by atoms with van der Waals surface area (Å²) in [5.41, 5.74) is 2.18. The molecule has 0 aliphatic rings. The molecule has 27 heavy (non-hydrogen) atoms. The number of amides is 1. The fraction of sp³-hybridized carbons (Fsp3) is 0.211. The van der Waals surface area contributed by atoms with Crippen LogP contribution in [0.2, 0.25) is 0 Å². The number of hydrogen-bond donors (Lipinski definition) is 2. The van der Waals surface area contributed by atoms with Gasteiger partial charge in [-0.2, -0.15) is 4.98 Å². The molecule has 0 saturated carbocycles. The first-order chi connectivity index (χ1) is 13.0. The van der Waals surface area contributed by atoms with Gasteiger partial charge in [0.2, 0.25) is 11.7 Å². The average molecular weight is 370 g/mol. The van der Waals surface area contributed by atoms with Gasteiger partial charge in [0.05, 0.1) is 19.3 Å². The Morgan fingerprint density at radius 3 is 2.78 bits per heavy atom. The van der Waals surface area contributed by atoms with Gasteiger partial charge < -0.3 is 19.9 Å². The molecule has 0 radical (unpaired) electrons. The van der Waals surface area contributed by atoms with E-state index in [9.17, 15) is 9.18 Å². The second kappa shape index (κ2) is 7.86. The van der Waals surface area contributed by atoms with Crippen LogP contribution < -0.4 is 15.4 Å². The van der Waals surface area contributed by atoms with Gasteiger partial charge in [-0.1, -0.05) is 17.3 Å². The molecule has 0 aliphatic carbocycles. The zero-order chi connectivity index (χ0) is 19.4. The molecule has 0 unspecified atom stereocenters. The second-order valence-electron chi connectivity index (χ2n) is 5.82. The molecule has 0 saturated heterocycles. The van der Waals surface area contributed by atoms with Gasteiger partial charge in [0.1, 0.15) is 11.6 Å². The van der Waals surface area contributed by atoms with Crippen molar-refractivity contribution in [3.05, 3.63) is 59.2 Å². The Kier molecular flexibility index (Phi) is 5.35. The van der Waals surface area contributed by atoms with E-state index >= 15 is 0 Å². The summed E-state index contributed by atoms with van der Waals surface area (Å²) in [6.45, 7) is 1.90. The molecule has 1 aromatic heterocycles. The Morgan fingerprint density at radius 2 is 2.07 bits per heavy atom. The number of benzene rings is 2. The summed E-state index contributed by atoms with van der Waals surface area (Å²) in [4.78, 5) is 16.1. The largest absolute Gasteiger partial charge is 0.495 e. The van der Waals surface area contributed by atoms with Crippen LogP contribution in [0, 0.1) is 12.7 Å². The van der Waals surface area contributed by atoms with Crippen LogP contribution in [-0.4, -0.2) is 30.2 Å². The molecule has 0 aliphatic heterocycles. The summed E-state index contributed by atoms with van der Waals surface area (Å²) in [6.07, 6.45) is 0. The minimum absolute atomic E-state index is 0.206. The van der Waals surface area contributed by atoms with Gasteiger partial charge >= 0.3 is 0 Å². The van der Waals surface area contributed by atoms with Gasteiger partial charge in [-0.3, -0.25) is 4.79 Å². The third-order valence-corrected chi connectivity index (χ3v) is 4.02. The standard InChI is InChI=1S/C19H19FN4O3/c1-11-4-5-12(8-14(11)20)18-23-17(27-24-18)10-22-15-9-13(19(25)21-2)6-7-16(15)26-3/h4-9,22H,10H2,1-3H3,(H,21,25). The number of nitrogens with one attached hydrogen (secondary N) is 2. The maximum atomic E-state index is 13.7. The van der Waals surface area contributed by atoms with Crippen molar-refractivity contribution in [3.8, 4) is 17.1 Å². The Morgan fingerprint density at radius 1 is 1.26 bits per heavy atom.